The number of hydrogen-bond donors (Lipinski definition) is 0. The first kappa shape index (κ1) is 25.1. The number of anilines is 1. The number of esters is 2. The fraction of sp³-hybridized carbons (Fsp3) is 0.310. The molecule has 7 nitrogen and oxygen atoms in total. The van der Waals surface area contributed by atoms with Gasteiger partial charge in [-0.05, 0) is 54.2 Å². The zero-order valence-electron chi connectivity index (χ0n) is 20.8. The van der Waals surface area contributed by atoms with Crippen LogP contribution in [0.5, 0.6) is 0 Å². The Kier molecular flexibility index (Phi) is 7.48. The number of unbranched alkanes of at least 4 members (excludes halogenated alkanes) is 2. The van der Waals surface area contributed by atoms with E-state index in [0.29, 0.717) is 28.8 Å². The number of rotatable bonds is 9. The lowest BCUT2D eigenvalue weighted by Crippen LogP contribution is -2.31. The molecule has 0 N–H and O–H groups in total. The number of hydrogen-bond acceptors (Lipinski definition) is 6. The lowest BCUT2D eigenvalue weighted by Gasteiger charge is -2.18. The van der Waals surface area contributed by atoms with Gasteiger partial charge in [-0.15, -0.1) is 0 Å². The molecule has 7 heteroatoms. The fourth-order valence-electron chi connectivity index (χ4n) is 4.71. The molecule has 0 radical (unpaired) electrons. The van der Waals surface area contributed by atoms with E-state index in [1.54, 1.807) is 43.3 Å². The third kappa shape index (κ3) is 4.49. The second-order valence-electron chi connectivity index (χ2n) is 8.69. The molecule has 0 saturated heterocycles. The summed E-state index contributed by atoms with van der Waals surface area (Å²) < 4.78 is 10.2. The average molecular weight is 488 g/mol. The largest absolute Gasteiger partial charge is 0.469 e. The van der Waals surface area contributed by atoms with Crippen LogP contribution >= 0.6 is 0 Å². The Balaban J connectivity index is 1.97. The second-order valence-corrected chi connectivity index (χ2v) is 8.69. The van der Waals surface area contributed by atoms with Crippen molar-refractivity contribution in [2.75, 3.05) is 18.6 Å². The van der Waals surface area contributed by atoms with Crippen LogP contribution in [0.2, 0.25) is 0 Å². The first-order chi connectivity index (χ1) is 17.4. The molecule has 1 aromatic rings. The third-order valence-electron chi connectivity index (χ3n) is 6.44. The Morgan fingerprint density at radius 2 is 1.47 bits per heavy atom. The number of benzene rings is 1. The van der Waals surface area contributed by atoms with Gasteiger partial charge >= 0.3 is 11.9 Å². The van der Waals surface area contributed by atoms with E-state index in [-0.39, 0.29) is 24.6 Å². The molecule has 1 aromatic carbocycles. The fourth-order valence-corrected chi connectivity index (χ4v) is 4.71. The van der Waals surface area contributed by atoms with Crippen LogP contribution in [-0.4, -0.2) is 37.5 Å². The second kappa shape index (κ2) is 10.7. The number of amides is 2. The SMILES string of the molecule is CCCCCc1c2ccc(CC(=O)OC)ccc-2c(C(=O)OCC)c1N1C(=O)c2ccccc2C1=O. The van der Waals surface area contributed by atoms with E-state index < -0.39 is 17.8 Å². The van der Waals surface area contributed by atoms with Gasteiger partial charge in [0, 0.05) is 0 Å². The first-order valence-electron chi connectivity index (χ1n) is 12.2. The Morgan fingerprint density at radius 3 is 2.06 bits per heavy atom. The van der Waals surface area contributed by atoms with Gasteiger partial charge in [0.1, 0.15) is 0 Å². The number of nitrogens with zero attached hydrogens (tertiary/aromatic N) is 1. The van der Waals surface area contributed by atoms with Gasteiger partial charge in [-0.1, -0.05) is 56.2 Å². The molecule has 2 amide bonds. The van der Waals surface area contributed by atoms with Crippen LogP contribution in [0.25, 0.3) is 11.1 Å². The zero-order chi connectivity index (χ0) is 25.8. The highest BCUT2D eigenvalue weighted by Crippen LogP contribution is 2.46. The van der Waals surface area contributed by atoms with Crippen LogP contribution in [0.3, 0.4) is 0 Å². The average Bonchev–Trinajstić information content (AvgIpc) is 3.20. The van der Waals surface area contributed by atoms with Gasteiger partial charge in [-0.2, -0.15) is 0 Å². The number of carbonyl (C=O) groups is 4. The van der Waals surface area contributed by atoms with Crippen molar-refractivity contribution in [1.29, 1.82) is 0 Å². The van der Waals surface area contributed by atoms with E-state index in [0.717, 1.165) is 40.9 Å². The van der Waals surface area contributed by atoms with Gasteiger partial charge in [0.15, 0.2) is 0 Å². The summed E-state index contributed by atoms with van der Waals surface area (Å²) in [4.78, 5) is 53.3. The van der Waals surface area contributed by atoms with E-state index in [1.807, 2.05) is 12.1 Å². The van der Waals surface area contributed by atoms with Crippen molar-refractivity contribution in [3.63, 3.8) is 0 Å². The Labute approximate surface area is 210 Å². The molecule has 0 bridgehead atoms. The molecule has 0 fully saturated rings. The van der Waals surface area contributed by atoms with Crippen molar-refractivity contribution in [2.45, 2.75) is 46.0 Å². The van der Waals surface area contributed by atoms with E-state index in [9.17, 15) is 19.2 Å². The minimum Gasteiger partial charge on any atom is -0.469 e. The minimum atomic E-state index is -0.600. The van der Waals surface area contributed by atoms with Crippen molar-refractivity contribution in [3.05, 3.63) is 76.3 Å². The van der Waals surface area contributed by atoms with Crippen LogP contribution in [0, 0.1) is 0 Å². The molecule has 0 unspecified atom stereocenters. The molecule has 0 saturated carbocycles. The number of imide groups is 1. The van der Waals surface area contributed by atoms with Crippen LogP contribution in [0.1, 0.15) is 75.3 Å². The monoisotopic (exact) mass is 487 g/mol. The Bertz CT molecular complexity index is 1280. The van der Waals surface area contributed by atoms with E-state index in [2.05, 4.69) is 6.92 Å². The molecule has 0 aromatic heterocycles. The normalized spacial score (nSPS) is 12.7. The van der Waals surface area contributed by atoms with E-state index >= 15 is 0 Å². The summed E-state index contributed by atoms with van der Waals surface area (Å²) in [5, 5.41) is 0. The molecule has 186 valence electrons. The van der Waals surface area contributed by atoms with E-state index in [1.165, 1.54) is 7.11 Å². The Hall–Kier alpha value is -4.00. The van der Waals surface area contributed by atoms with Gasteiger partial charge in [-0.25, -0.2) is 9.69 Å². The first-order valence-corrected chi connectivity index (χ1v) is 12.2. The van der Waals surface area contributed by atoms with Crippen molar-refractivity contribution < 1.29 is 28.7 Å². The molecule has 1 heterocycles. The summed E-state index contributed by atoms with van der Waals surface area (Å²) in [5.74, 6) is -1.88. The number of carbonyl (C=O) groups excluding carboxylic acids is 4. The van der Waals surface area contributed by atoms with E-state index in [4.69, 9.17) is 9.47 Å². The molecule has 2 aliphatic carbocycles. The molecule has 0 atom stereocenters. The molecule has 36 heavy (non-hydrogen) atoms. The third-order valence-corrected chi connectivity index (χ3v) is 6.44. The summed E-state index contributed by atoms with van der Waals surface area (Å²) in [6.07, 6.45) is 3.42. The van der Waals surface area contributed by atoms with Gasteiger partial charge in [0.25, 0.3) is 11.8 Å². The smallest absolute Gasteiger partial charge is 0.340 e. The highest BCUT2D eigenvalue weighted by Gasteiger charge is 2.42. The predicted molar refractivity (Wildman–Crippen MR) is 136 cm³/mol. The standard InChI is InChI=1S/C29H29NO6/c1-4-6-7-10-21-19-15-13-18(17-24(31)35-3)14-16-20(19)25(29(34)36-5-2)26(21)30-27(32)22-11-8-9-12-23(22)28(30)33/h8-9,11-16H,4-7,10,17H2,1-3H3. The number of ether oxygens (including phenoxy) is 2. The van der Waals surface area contributed by atoms with Crippen LogP contribution in [-0.2, 0) is 27.1 Å². The molecular weight excluding hydrogens is 458 g/mol. The summed E-state index contributed by atoms with van der Waals surface area (Å²) in [7, 11) is 1.33. The molecular formula is C29H29NO6. The minimum absolute atomic E-state index is 0.0823. The molecule has 0 spiro atoms. The maximum Gasteiger partial charge on any atom is 0.340 e. The van der Waals surface area contributed by atoms with Gasteiger partial charge < -0.3 is 9.47 Å². The van der Waals surface area contributed by atoms with Crippen LogP contribution in [0.4, 0.5) is 5.69 Å². The summed E-state index contributed by atoms with van der Waals surface area (Å²) >= 11 is 0. The highest BCUT2D eigenvalue weighted by molar-refractivity contribution is 6.36. The Morgan fingerprint density at radius 1 is 0.833 bits per heavy atom. The van der Waals surface area contributed by atoms with Crippen molar-refractivity contribution in [1.82, 2.24) is 0 Å². The molecule has 4 rings (SSSR count). The summed E-state index contributed by atoms with van der Waals surface area (Å²) in [6, 6.07) is 13.8. The quantitative estimate of drug-likeness (QED) is 0.234. The molecule has 3 aliphatic rings. The number of methoxy groups -OCH3 is 1. The van der Waals surface area contributed by atoms with Gasteiger partial charge in [0.2, 0.25) is 0 Å². The van der Waals surface area contributed by atoms with Gasteiger partial charge in [-0.3, -0.25) is 14.4 Å². The highest BCUT2D eigenvalue weighted by atomic mass is 16.5. The van der Waals surface area contributed by atoms with Crippen molar-refractivity contribution in [3.8, 4) is 11.1 Å². The van der Waals surface area contributed by atoms with Crippen molar-refractivity contribution in [2.24, 2.45) is 0 Å². The van der Waals surface area contributed by atoms with Crippen LogP contribution < -0.4 is 4.90 Å². The topological polar surface area (TPSA) is 90.0 Å². The maximum absolute atomic E-state index is 13.5. The zero-order valence-corrected chi connectivity index (χ0v) is 20.8. The number of fused-ring (bicyclic) bond motifs is 2. The molecule has 1 aliphatic heterocycles. The lowest BCUT2D eigenvalue weighted by atomic mass is 10.0. The maximum atomic E-state index is 13.5. The van der Waals surface area contributed by atoms with Crippen LogP contribution in [0.15, 0.2) is 48.5 Å². The summed E-state index contributed by atoms with van der Waals surface area (Å²) in [6.45, 7) is 3.95. The van der Waals surface area contributed by atoms with Gasteiger partial charge in [0.05, 0.1) is 42.5 Å². The lowest BCUT2D eigenvalue weighted by molar-refractivity contribution is -0.139. The summed E-state index contributed by atoms with van der Waals surface area (Å²) in [5.41, 5.74) is 3.89. The predicted octanol–water partition coefficient (Wildman–Crippen LogP) is 5.22. The van der Waals surface area contributed by atoms with Crippen molar-refractivity contribution >= 4 is 29.4 Å².